The average Bonchev–Trinajstić information content (AvgIpc) is 2.55. The van der Waals surface area contributed by atoms with Crippen LogP contribution in [0, 0.1) is 0 Å². The molecule has 3 nitrogen and oxygen atoms in total. The van der Waals surface area contributed by atoms with Crippen molar-refractivity contribution in [1.29, 1.82) is 0 Å². The number of benzene rings is 2. The Morgan fingerprint density at radius 2 is 1.95 bits per heavy atom. The van der Waals surface area contributed by atoms with Gasteiger partial charge in [-0.15, -0.1) is 0 Å². The van der Waals surface area contributed by atoms with Crippen LogP contribution in [-0.2, 0) is 0 Å². The van der Waals surface area contributed by atoms with Gasteiger partial charge in [0.25, 0.3) is 0 Å². The van der Waals surface area contributed by atoms with Crippen LogP contribution in [-0.4, -0.2) is 19.3 Å². The van der Waals surface area contributed by atoms with Crippen molar-refractivity contribution < 1.29 is 9.84 Å². The van der Waals surface area contributed by atoms with Gasteiger partial charge in [-0.3, -0.25) is 0 Å². The first-order valence-corrected chi connectivity index (χ1v) is 7.91. The van der Waals surface area contributed by atoms with E-state index in [2.05, 4.69) is 36.1 Å². The fourth-order valence-corrected chi connectivity index (χ4v) is 3.43. The molecule has 1 unspecified atom stereocenters. The zero-order valence-corrected chi connectivity index (χ0v) is 13.5. The highest BCUT2D eigenvalue weighted by Crippen LogP contribution is 2.51. The molecular formula is C19H23NO2. The summed E-state index contributed by atoms with van der Waals surface area (Å²) < 4.78 is 5.33. The van der Waals surface area contributed by atoms with Crippen LogP contribution < -0.4 is 9.64 Å². The fraction of sp³-hybridized carbons (Fsp3) is 0.368. The van der Waals surface area contributed by atoms with Crippen LogP contribution >= 0.6 is 0 Å². The summed E-state index contributed by atoms with van der Waals surface area (Å²) >= 11 is 0. The van der Waals surface area contributed by atoms with Gasteiger partial charge in [-0.25, -0.2) is 0 Å². The van der Waals surface area contributed by atoms with Crippen LogP contribution in [0.5, 0.6) is 11.5 Å². The largest absolute Gasteiger partial charge is 0.507 e. The van der Waals surface area contributed by atoms with Gasteiger partial charge < -0.3 is 14.7 Å². The van der Waals surface area contributed by atoms with Crippen molar-refractivity contribution in [3.63, 3.8) is 0 Å². The molecule has 0 fully saturated rings. The summed E-state index contributed by atoms with van der Waals surface area (Å²) in [6.45, 7) is 2.20. The number of methoxy groups -OCH3 is 1. The predicted molar refractivity (Wildman–Crippen MR) is 90.5 cm³/mol. The standard InChI is InChI=1S/C19H23NO2/c1-4-5-8-15-14-9-6-7-10-16(14)20(2)17-11-13(22-3)12-18(21)19(15)17/h6-7,9-12,15,21H,4-5,8H2,1-3H3. The zero-order chi connectivity index (χ0) is 15.7. The molecule has 0 spiro atoms. The summed E-state index contributed by atoms with van der Waals surface area (Å²) in [5.74, 6) is 1.27. The maximum atomic E-state index is 10.6. The van der Waals surface area contributed by atoms with E-state index in [-0.39, 0.29) is 5.92 Å². The number of unbranched alkanes of at least 4 members (excludes halogenated alkanes) is 1. The number of aromatic hydroxyl groups is 1. The normalized spacial score (nSPS) is 16.1. The van der Waals surface area contributed by atoms with Crippen LogP contribution in [0.2, 0.25) is 0 Å². The lowest BCUT2D eigenvalue weighted by Crippen LogP contribution is -2.22. The molecule has 0 aromatic heterocycles. The molecule has 0 aliphatic carbocycles. The van der Waals surface area contributed by atoms with Crippen molar-refractivity contribution in [3.8, 4) is 11.5 Å². The number of ether oxygens (including phenoxy) is 1. The summed E-state index contributed by atoms with van der Waals surface area (Å²) in [5, 5.41) is 10.6. The first-order chi connectivity index (χ1) is 10.7. The SMILES string of the molecule is CCCCC1c2ccccc2N(C)c2cc(OC)cc(O)c21. The molecule has 1 aliphatic rings. The first-order valence-electron chi connectivity index (χ1n) is 7.91. The van der Waals surface area contributed by atoms with Crippen LogP contribution in [0.4, 0.5) is 11.4 Å². The van der Waals surface area contributed by atoms with Crippen LogP contribution in [0.15, 0.2) is 36.4 Å². The minimum atomic E-state index is 0.244. The number of phenolic OH excluding ortho intramolecular Hbond substituents is 1. The molecular weight excluding hydrogens is 274 g/mol. The number of hydrogen-bond donors (Lipinski definition) is 1. The van der Waals surface area contributed by atoms with Gasteiger partial charge in [-0.1, -0.05) is 38.0 Å². The lowest BCUT2D eigenvalue weighted by atomic mass is 9.81. The highest BCUT2D eigenvalue weighted by atomic mass is 16.5. The second kappa shape index (κ2) is 5.91. The number of para-hydroxylation sites is 1. The van der Waals surface area contributed by atoms with E-state index in [0.29, 0.717) is 11.5 Å². The second-order valence-electron chi connectivity index (χ2n) is 5.89. The molecule has 1 N–H and O–H groups in total. The minimum absolute atomic E-state index is 0.244. The molecule has 2 aromatic rings. The highest BCUT2D eigenvalue weighted by Gasteiger charge is 2.31. The van der Waals surface area contributed by atoms with E-state index in [1.165, 1.54) is 11.3 Å². The number of phenols is 1. The van der Waals surface area contributed by atoms with Crippen LogP contribution in [0.3, 0.4) is 0 Å². The van der Waals surface area contributed by atoms with E-state index >= 15 is 0 Å². The Morgan fingerprint density at radius 1 is 1.18 bits per heavy atom. The van der Waals surface area contributed by atoms with E-state index in [1.807, 2.05) is 13.1 Å². The van der Waals surface area contributed by atoms with Gasteiger partial charge in [0.05, 0.1) is 12.8 Å². The smallest absolute Gasteiger partial charge is 0.125 e. The van der Waals surface area contributed by atoms with Crippen LogP contribution in [0.1, 0.15) is 43.2 Å². The van der Waals surface area contributed by atoms with Crippen molar-refractivity contribution in [2.45, 2.75) is 32.1 Å². The molecule has 0 bridgehead atoms. The monoisotopic (exact) mass is 297 g/mol. The van der Waals surface area contributed by atoms with E-state index in [4.69, 9.17) is 4.74 Å². The zero-order valence-electron chi connectivity index (χ0n) is 13.5. The quantitative estimate of drug-likeness (QED) is 0.879. The van der Waals surface area contributed by atoms with E-state index in [0.717, 1.165) is 30.5 Å². The Morgan fingerprint density at radius 3 is 2.68 bits per heavy atom. The predicted octanol–water partition coefficient (Wildman–Crippen LogP) is 4.80. The molecule has 1 aliphatic heterocycles. The van der Waals surface area contributed by atoms with Crippen molar-refractivity contribution in [1.82, 2.24) is 0 Å². The molecule has 0 saturated carbocycles. The van der Waals surface area contributed by atoms with Gasteiger partial charge in [0, 0.05) is 36.3 Å². The molecule has 116 valence electrons. The summed E-state index contributed by atoms with van der Waals surface area (Å²) in [6, 6.07) is 12.2. The average molecular weight is 297 g/mol. The molecule has 3 rings (SSSR count). The third-order valence-corrected chi connectivity index (χ3v) is 4.58. The number of fused-ring (bicyclic) bond motifs is 2. The second-order valence-corrected chi connectivity index (χ2v) is 5.89. The molecule has 0 amide bonds. The Kier molecular flexibility index (Phi) is 3.97. The minimum Gasteiger partial charge on any atom is -0.507 e. The lowest BCUT2D eigenvalue weighted by Gasteiger charge is -2.36. The Bertz CT molecular complexity index is 681. The van der Waals surface area contributed by atoms with Gasteiger partial charge in [0.2, 0.25) is 0 Å². The topological polar surface area (TPSA) is 32.7 Å². The summed E-state index contributed by atoms with van der Waals surface area (Å²) in [7, 11) is 3.68. The highest BCUT2D eigenvalue weighted by molar-refractivity contribution is 5.79. The summed E-state index contributed by atoms with van der Waals surface area (Å²) in [5.41, 5.74) is 4.57. The Hall–Kier alpha value is -2.16. The summed E-state index contributed by atoms with van der Waals surface area (Å²) in [6.07, 6.45) is 3.35. The third kappa shape index (κ3) is 2.31. The number of hydrogen-bond acceptors (Lipinski definition) is 3. The molecule has 1 heterocycles. The van der Waals surface area contributed by atoms with Crippen molar-refractivity contribution in [2.24, 2.45) is 0 Å². The summed E-state index contributed by atoms with van der Waals surface area (Å²) in [4.78, 5) is 2.15. The third-order valence-electron chi connectivity index (χ3n) is 4.58. The van der Waals surface area contributed by atoms with E-state index in [9.17, 15) is 5.11 Å². The van der Waals surface area contributed by atoms with Gasteiger partial charge in [-0.05, 0) is 18.1 Å². The lowest BCUT2D eigenvalue weighted by molar-refractivity contribution is 0.405. The van der Waals surface area contributed by atoms with Gasteiger partial charge in [0.1, 0.15) is 11.5 Å². The molecule has 1 atom stereocenters. The number of rotatable bonds is 4. The molecule has 22 heavy (non-hydrogen) atoms. The molecule has 3 heteroatoms. The van der Waals surface area contributed by atoms with Gasteiger partial charge in [0.15, 0.2) is 0 Å². The number of nitrogens with zero attached hydrogens (tertiary/aromatic N) is 1. The van der Waals surface area contributed by atoms with E-state index in [1.54, 1.807) is 13.2 Å². The first kappa shape index (κ1) is 14.8. The Labute approximate surface area is 132 Å². The van der Waals surface area contributed by atoms with Crippen molar-refractivity contribution >= 4 is 11.4 Å². The number of anilines is 2. The van der Waals surface area contributed by atoms with Crippen molar-refractivity contribution in [3.05, 3.63) is 47.5 Å². The maximum Gasteiger partial charge on any atom is 0.125 e. The molecule has 2 aromatic carbocycles. The fourth-order valence-electron chi connectivity index (χ4n) is 3.43. The van der Waals surface area contributed by atoms with E-state index < -0.39 is 0 Å². The maximum absolute atomic E-state index is 10.6. The van der Waals surface area contributed by atoms with Crippen molar-refractivity contribution in [2.75, 3.05) is 19.1 Å². The Balaban J connectivity index is 2.19. The van der Waals surface area contributed by atoms with Crippen LogP contribution in [0.25, 0.3) is 0 Å². The van der Waals surface area contributed by atoms with Gasteiger partial charge >= 0.3 is 0 Å². The van der Waals surface area contributed by atoms with Gasteiger partial charge in [-0.2, -0.15) is 0 Å². The molecule has 0 radical (unpaired) electrons. The molecule has 0 saturated heterocycles.